The highest BCUT2D eigenvalue weighted by Gasteiger charge is 2.19. The molecule has 4 heteroatoms. The molecule has 0 aliphatic heterocycles. The van der Waals surface area contributed by atoms with E-state index in [1.54, 1.807) is 0 Å². The summed E-state index contributed by atoms with van der Waals surface area (Å²) in [6.45, 7) is 2.99. The first-order chi connectivity index (χ1) is 6.25. The maximum absolute atomic E-state index is 4.34. The molecule has 13 heavy (non-hydrogen) atoms. The first-order valence-corrected chi connectivity index (χ1v) is 4.85. The second kappa shape index (κ2) is 3.46. The fraction of sp³-hybridized carbons (Fsp3) is 0.778. The van der Waals surface area contributed by atoms with Crippen LogP contribution < -0.4 is 5.32 Å². The van der Waals surface area contributed by atoms with Gasteiger partial charge in [0.25, 0.3) is 0 Å². The fourth-order valence-electron chi connectivity index (χ4n) is 1.31. The molecule has 1 aromatic rings. The molecule has 0 radical (unpaired) electrons. The van der Waals surface area contributed by atoms with Gasteiger partial charge in [0.05, 0.1) is 0 Å². The minimum absolute atomic E-state index is 0.782. The van der Waals surface area contributed by atoms with E-state index in [1.807, 2.05) is 18.7 Å². The Bertz CT molecular complexity index is 268. The second-order valence-corrected chi connectivity index (χ2v) is 3.68. The van der Waals surface area contributed by atoms with Gasteiger partial charge in [-0.05, 0) is 19.8 Å². The molecule has 1 saturated carbocycles. The standard InChI is InChI=1S/C9H16N4/c1-7-11-9(12-13(7)2)5-6-10-8-3-4-8/h8,10H,3-6H2,1-2H3. The number of rotatable bonds is 4. The van der Waals surface area contributed by atoms with Gasteiger partial charge in [0.2, 0.25) is 0 Å². The molecule has 1 heterocycles. The van der Waals surface area contributed by atoms with Gasteiger partial charge in [-0.15, -0.1) is 0 Å². The molecular formula is C9H16N4. The van der Waals surface area contributed by atoms with Crippen LogP contribution >= 0.6 is 0 Å². The first kappa shape index (κ1) is 8.69. The molecule has 0 spiro atoms. The quantitative estimate of drug-likeness (QED) is 0.730. The third kappa shape index (κ3) is 2.28. The van der Waals surface area contributed by atoms with Crippen LogP contribution in [0.3, 0.4) is 0 Å². The van der Waals surface area contributed by atoms with Gasteiger partial charge in [0, 0.05) is 26.1 Å². The third-order valence-corrected chi connectivity index (χ3v) is 2.38. The van der Waals surface area contributed by atoms with Gasteiger partial charge in [-0.3, -0.25) is 4.68 Å². The average molecular weight is 180 g/mol. The van der Waals surface area contributed by atoms with E-state index >= 15 is 0 Å². The smallest absolute Gasteiger partial charge is 0.152 e. The molecule has 1 aliphatic rings. The zero-order valence-corrected chi connectivity index (χ0v) is 8.25. The lowest BCUT2D eigenvalue weighted by Gasteiger charge is -1.97. The Morgan fingerprint density at radius 2 is 2.31 bits per heavy atom. The molecule has 0 aromatic carbocycles. The summed E-state index contributed by atoms with van der Waals surface area (Å²) >= 11 is 0. The monoisotopic (exact) mass is 180 g/mol. The normalized spacial score (nSPS) is 16.5. The summed E-state index contributed by atoms with van der Waals surface area (Å²) in [5.74, 6) is 1.94. The van der Waals surface area contributed by atoms with Crippen molar-refractivity contribution >= 4 is 0 Å². The van der Waals surface area contributed by atoms with Gasteiger partial charge in [0.1, 0.15) is 5.82 Å². The Kier molecular flexibility index (Phi) is 2.31. The van der Waals surface area contributed by atoms with E-state index in [9.17, 15) is 0 Å². The van der Waals surface area contributed by atoms with Crippen molar-refractivity contribution in [3.63, 3.8) is 0 Å². The number of nitrogens with zero attached hydrogens (tertiary/aromatic N) is 3. The van der Waals surface area contributed by atoms with Crippen LogP contribution in [0.25, 0.3) is 0 Å². The minimum atomic E-state index is 0.782. The van der Waals surface area contributed by atoms with Gasteiger partial charge in [-0.25, -0.2) is 4.98 Å². The molecular weight excluding hydrogens is 164 g/mol. The predicted molar refractivity (Wildman–Crippen MR) is 50.5 cm³/mol. The van der Waals surface area contributed by atoms with Crippen LogP contribution in [0.2, 0.25) is 0 Å². The van der Waals surface area contributed by atoms with Crippen molar-refractivity contribution in [2.45, 2.75) is 32.2 Å². The Balaban J connectivity index is 1.79. The van der Waals surface area contributed by atoms with Crippen molar-refractivity contribution < 1.29 is 0 Å². The van der Waals surface area contributed by atoms with Gasteiger partial charge in [-0.1, -0.05) is 0 Å². The van der Waals surface area contributed by atoms with Crippen LogP contribution in [-0.2, 0) is 13.5 Å². The summed E-state index contributed by atoms with van der Waals surface area (Å²) in [6, 6.07) is 0.782. The van der Waals surface area contributed by atoms with Crippen LogP contribution in [0, 0.1) is 6.92 Å². The number of hydrogen-bond donors (Lipinski definition) is 1. The van der Waals surface area contributed by atoms with Crippen LogP contribution in [0.15, 0.2) is 0 Å². The highest BCUT2D eigenvalue weighted by atomic mass is 15.3. The van der Waals surface area contributed by atoms with E-state index < -0.39 is 0 Å². The molecule has 0 bridgehead atoms. The molecule has 1 aliphatic carbocycles. The van der Waals surface area contributed by atoms with Crippen molar-refractivity contribution in [3.8, 4) is 0 Å². The Morgan fingerprint density at radius 1 is 1.54 bits per heavy atom. The summed E-state index contributed by atoms with van der Waals surface area (Å²) in [4.78, 5) is 4.34. The molecule has 0 amide bonds. The SMILES string of the molecule is Cc1nc(CCNC2CC2)nn1C. The highest BCUT2D eigenvalue weighted by Crippen LogP contribution is 2.18. The van der Waals surface area contributed by atoms with Crippen molar-refractivity contribution in [2.24, 2.45) is 7.05 Å². The van der Waals surface area contributed by atoms with E-state index in [0.717, 1.165) is 30.7 Å². The Labute approximate surface area is 78.4 Å². The topological polar surface area (TPSA) is 42.7 Å². The Hall–Kier alpha value is -0.900. The average Bonchev–Trinajstić information content (AvgIpc) is 2.82. The second-order valence-electron chi connectivity index (χ2n) is 3.68. The summed E-state index contributed by atoms with van der Waals surface area (Å²) in [6.07, 6.45) is 3.63. The number of aromatic nitrogens is 3. The van der Waals surface area contributed by atoms with Gasteiger partial charge < -0.3 is 5.32 Å². The van der Waals surface area contributed by atoms with E-state index in [2.05, 4.69) is 15.4 Å². The van der Waals surface area contributed by atoms with Gasteiger partial charge in [0.15, 0.2) is 5.82 Å². The van der Waals surface area contributed by atoms with E-state index in [4.69, 9.17) is 0 Å². The zero-order valence-electron chi connectivity index (χ0n) is 8.25. The lowest BCUT2D eigenvalue weighted by Crippen LogP contribution is -2.19. The molecule has 1 N–H and O–H groups in total. The molecule has 0 saturated heterocycles. The van der Waals surface area contributed by atoms with Crippen LogP contribution in [0.1, 0.15) is 24.5 Å². The number of nitrogens with one attached hydrogen (secondary N) is 1. The molecule has 0 atom stereocenters. The van der Waals surface area contributed by atoms with Crippen molar-refractivity contribution in [2.75, 3.05) is 6.54 Å². The van der Waals surface area contributed by atoms with E-state index in [-0.39, 0.29) is 0 Å². The Morgan fingerprint density at radius 3 is 2.85 bits per heavy atom. The third-order valence-electron chi connectivity index (χ3n) is 2.38. The van der Waals surface area contributed by atoms with Crippen molar-refractivity contribution in [1.29, 1.82) is 0 Å². The van der Waals surface area contributed by atoms with Crippen LogP contribution in [0.5, 0.6) is 0 Å². The largest absolute Gasteiger partial charge is 0.314 e. The maximum atomic E-state index is 4.34. The summed E-state index contributed by atoms with van der Waals surface area (Å²) in [5, 5.41) is 7.74. The molecule has 4 nitrogen and oxygen atoms in total. The summed E-state index contributed by atoms with van der Waals surface area (Å²) in [5.41, 5.74) is 0. The number of aryl methyl sites for hydroxylation is 2. The molecule has 2 rings (SSSR count). The molecule has 0 unspecified atom stereocenters. The lowest BCUT2D eigenvalue weighted by atomic mass is 10.4. The van der Waals surface area contributed by atoms with Crippen LogP contribution in [-0.4, -0.2) is 27.4 Å². The predicted octanol–water partition coefficient (Wildman–Crippen LogP) is 0.418. The van der Waals surface area contributed by atoms with Crippen molar-refractivity contribution in [1.82, 2.24) is 20.1 Å². The maximum Gasteiger partial charge on any atom is 0.152 e. The lowest BCUT2D eigenvalue weighted by molar-refractivity contribution is 0.656. The summed E-state index contributed by atoms with van der Waals surface area (Å²) in [7, 11) is 1.93. The molecule has 72 valence electrons. The molecule has 1 aromatic heterocycles. The van der Waals surface area contributed by atoms with E-state index in [1.165, 1.54) is 12.8 Å². The summed E-state index contributed by atoms with van der Waals surface area (Å²) < 4.78 is 1.83. The fourth-order valence-corrected chi connectivity index (χ4v) is 1.31. The van der Waals surface area contributed by atoms with Crippen LogP contribution in [0.4, 0.5) is 0 Å². The van der Waals surface area contributed by atoms with Gasteiger partial charge >= 0.3 is 0 Å². The molecule has 1 fully saturated rings. The minimum Gasteiger partial charge on any atom is -0.314 e. The zero-order chi connectivity index (χ0) is 9.26. The van der Waals surface area contributed by atoms with E-state index in [0.29, 0.717) is 0 Å². The van der Waals surface area contributed by atoms with Crippen molar-refractivity contribution in [3.05, 3.63) is 11.6 Å². The number of hydrogen-bond acceptors (Lipinski definition) is 3. The highest BCUT2D eigenvalue weighted by molar-refractivity contribution is 4.91. The first-order valence-electron chi connectivity index (χ1n) is 4.85. The van der Waals surface area contributed by atoms with Gasteiger partial charge in [-0.2, -0.15) is 5.10 Å².